The fraction of sp³-hybridized carbons (Fsp3) is 0.556. The largest absolute Gasteiger partial charge is 0.478 e. The van der Waals surface area contributed by atoms with Crippen molar-refractivity contribution in [3.05, 3.63) is 35.4 Å². The topological polar surface area (TPSA) is 66.8 Å². The molecule has 5 heteroatoms. The first-order valence-electron chi connectivity index (χ1n) is 8.38. The van der Waals surface area contributed by atoms with Gasteiger partial charge < -0.3 is 14.7 Å². The summed E-state index contributed by atoms with van der Waals surface area (Å²) in [6.45, 7) is 1.62. The molecule has 1 amide bonds. The number of ether oxygens (including phenoxy) is 1. The number of likely N-dealkylation sites (tertiary alicyclic amines) is 1. The molecule has 3 fully saturated rings. The van der Waals surface area contributed by atoms with E-state index >= 15 is 0 Å². The molecule has 3 heterocycles. The second-order valence-electron chi connectivity index (χ2n) is 6.88. The molecule has 1 N–H and O–H groups in total. The molecule has 3 saturated heterocycles. The van der Waals surface area contributed by atoms with Crippen LogP contribution < -0.4 is 0 Å². The van der Waals surface area contributed by atoms with Crippen molar-refractivity contribution < 1.29 is 19.4 Å². The van der Waals surface area contributed by atoms with E-state index in [9.17, 15) is 14.7 Å². The van der Waals surface area contributed by atoms with Crippen LogP contribution in [0, 0.1) is 11.8 Å². The van der Waals surface area contributed by atoms with Crippen LogP contribution in [0.1, 0.15) is 35.2 Å². The lowest BCUT2D eigenvalue weighted by Gasteiger charge is -2.19. The monoisotopic (exact) mass is 315 g/mol. The van der Waals surface area contributed by atoms with Gasteiger partial charge in [-0.3, -0.25) is 4.79 Å². The van der Waals surface area contributed by atoms with Gasteiger partial charge in [-0.05, 0) is 30.9 Å². The van der Waals surface area contributed by atoms with Gasteiger partial charge in [0, 0.05) is 31.3 Å². The van der Waals surface area contributed by atoms with E-state index in [1.165, 1.54) is 0 Å². The lowest BCUT2D eigenvalue weighted by Crippen LogP contribution is -2.31. The van der Waals surface area contributed by atoms with Crippen molar-refractivity contribution in [2.75, 3.05) is 13.1 Å². The number of rotatable bonds is 4. The van der Waals surface area contributed by atoms with Crippen LogP contribution in [0.3, 0.4) is 0 Å². The Hall–Kier alpha value is -1.88. The van der Waals surface area contributed by atoms with Gasteiger partial charge in [-0.15, -0.1) is 0 Å². The average molecular weight is 315 g/mol. The number of benzene rings is 1. The molecule has 2 bridgehead atoms. The van der Waals surface area contributed by atoms with Crippen LogP contribution in [-0.4, -0.2) is 47.2 Å². The Balaban J connectivity index is 1.37. The van der Waals surface area contributed by atoms with E-state index in [-0.39, 0.29) is 5.91 Å². The molecule has 0 aliphatic carbocycles. The predicted molar refractivity (Wildman–Crippen MR) is 83.2 cm³/mol. The van der Waals surface area contributed by atoms with Gasteiger partial charge >= 0.3 is 5.97 Å². The Labute approximate surface area is 135 Å². The lowest BCUT2D eigenvalue weighted by atomic mass is 9.82. The van der Waals surface area contributed by atoms with E-state index in [1.807, 2.05) is 11.0 Å². The van der Waals surface area contributed by atoms with Crippen molar-refractivity contribution in [2.24, 2.45) is 11.8 Å². The van der Waals surface area contributed by atoms with E-state index in [2.05, 4.69) is 0 Å². The standard InChI is InChI=1S/C18H21NO4/c20-17(8-5-11-3-1-2-4-12(11)18(21)22)19-9-13-14(10-19)16-7-6-15(13)23-16/h1-4,13-16H,5-10H2,(H,21,22). The quantitative estimate of drug-likeness (QED) is 0.922. The molecule has 5 nitrogen and oxygen atoms in total. The molecule has 0 radical (unpaired) electrons. The highest BCUT2D eigenvalue weighted by Crippen LogP contribution is 2.47. The van der Waals surface area contributed by atoms with Crippen molar-refractivity contribution >= 4 is 11.9 Å². The van der Waals surface area contributed by atoms with Crippen LogP contribution >= 0.6 is 0 Å². The first kappa shape index (κ1) is 14.7. The highest BCUT2D eigenvalue weighted by molar-refractivity contribution is 5.89. The summed E-state index contributed by atoms with van der Waals surface area (Å²) in [6.07, 6.45) is 3.85. The summed E-state index contributed by atoms with van der Waals surface area (Å²) in [5.74, 6) is 0.240. The molecular weight excluding hydrogens is 294 g/mol. The Morgan fingerprint density at radius 3 is 2.43 bits per heavy atom. The Bertz CT molecular complexity index is 626. The van der Waals surface area contributed by atoms with E-state index in [1.54, 1.807) is 18.2 Å². The maximum atomic E-state index is 12.5. The third-order valence-electron chi connectivity index (χ3n) is 5.66. The molecule has 122 valence electrons. The molecule has 4 atom stereocenters. The summed E-state index contributed by atoms with van der Waals surface area (Å²) in [5, 5.41) is 9.21. The average Bonchev–Trinajstić information content (AvgIpc) is 3.24. The molecule has 1 aromatic rings. The number of amides is 1. The van der Waals surface area contributed by atoms with Crippen molar-refractivity contribution in [1.29, 1.82) is 0 Å². The van der Waals surface area contributed by atoms with E-state index < -0.39 is 5.97 Å². The fourth-order valence-corrected chi connectivity index (χ4v) is 4.51. The van der Waals surface area contributed by atoms with E-state index in [0.29, 0.717) is 42.4 Å². The SMILES string of the molecule is O=C(O)c1ccccc1CCC(=O)N1CC2C3CCC(O3)C2C1. The highest BCUT2D eigenvalue weighted by Gasteiger charge is 2.53. The molecule has 0 saturated carbocycles. The van der Waals surface area contributed by atoms with Gasteiger partial charge in [0.15, 0.2) is 0 Å². The van der Waals surface area contributed by atoms with Crippen LogP contribution in [0.15, 0.2) is 24.3 Å². The Morgan fingerprint density at radius 2 is 1.78 bits per heavy atom. The summed E-state index contributed by atoms with van der Waals surface area (Å²) in [4.78, 5) is 25.7. The number of aromatic carboxylic acids is 1. The number of nitrogens with zero attached hydrogens (tertiary/aromatic N) is 1. The van der Waals surface area contributed by atoms with Crippen LogP contribution in [0.4, 0.5) is 0 Å². The molecule has 0 spiro atoms. The van der Waals surface area contributed by atoms with Crippen molar-refractivity contribution in [1.82, 2.24) is 4.90 Å². The van der Waals surface area contributed by atoms with Gasteiger partial charge in [0.1, 0.15) is 0 Å². The first-order valence-corrected chi connectivity index (χ1v) is 8.38. The third kappa shape index (κ3) is 2.53. The van der Waals surface area contributed by atoms with Crippen molar-refractivity contribution in [3.63, 3.8) is 0 Å². The number of carboxylic acid groups (broad SMARTS) is 1. The van der Waals surface area contributed by atoms with Gasteiger partial charge in [0.2, 0.25) is 5.91 Å². The summed E-state index contributed by atoms with van der Waals surface area (Å²) < 4.78 is 5.94. The van der Waals surface area contributed by atoms with Gasteiger partial charge in [0.25, 0.3) is 0 Å². The van der Waals surface area contributed by atoms with Crippen LogP contribution in [0.2, 0.25) is 0 Å². The van der Waals surface area contributed by atoms with Gasteiger partial charge in [-0.25, -0.2) is 4.79 Å². The highest BCUT2D eigenvalue weighted by atomic mass is 16.5. The lowest BCUT2D eigenvalue weighted by molar-refractivity contribution is -0.130. The first-order chi connectivity index (χ1) is 11.1. The molecule has 0 aromatic heterocycles. The normalized spacial score (nSPS) is 31.4. The van der Waals surface area contributed by atoms with E-state index in [4.69, 9.17) is 4.74 Å². The predicted octanol–water partition coefficient (Wildman–Crippen LogP) is 1.95. The maximum absolute atomic E-state index is 12.5. The van der Waals surface area contributed by atoms with Crippen LogP contribution in [-0.2, 0) is 16.0 Å². The molecule has 3 aliphatic rings. The minimum absolute atomic E-state index is 0.138. The second-order valence-corrected chi connectivity index (χ2v) is 6.88. The number of carboxylic acids is 1. The minimum Gasteiger partial charge on any atom is -0.478 e. The molecule has 4 unspecified atom stereocenters. The number of aryl methyl sites for hydroxylation is 1. The number of hydrogen-bond acceptors (Lipinski definition) is 3. The molecule has 4 rings (SSSR count). The molecule has 1 aromatic carbocycles. The van der Waals surface area contributed by atoms with Crippen molar-refractivity contribution in [3.8, 4) is 0 Å². The third-order valence-corrected chi connectivity index (χ3v) is 5.66. The minimum atomic E-state index is -0.933. The van der Waals surface area contributed by atoms with Gasteiger partial charge in [-0.1, -0.05) is 18.2 Å². The Kier molecular flexibility index (Phi) is 3.60. The second kappa shape index (κ2) is 5.64. The fourth-order valence-electron chi connectivity index (χ4n) is 4.51. The van der Waals surface area contributed by atoms with E-state index in [0.717, 1.165) is 31.5 Å². The van der Waals surface area contributed by atoms with Gasteiger partial charge in [-0.2, -0.15) is 0 Å². The number of fused-ring (bicyclic) bond motifs is 5. The van der Waals surface area contributed by atoms with Crippen molar-refractivity contribution in [2.45, 2.75) is 37.9 Å². The van der Waals surface area contributed by atoms with Crippen LogP contribution in [0.25, 0.3) is 0 Å². The van der Waals surface area contributed by atoms with Gasteiger partial charge in [0.05, 0.1) is 17.8 Å². The maximum Gasteiger partial charge on any atom is 0.335 e. The zero-order chi connectivity index (χ0) is 16.0. The van der Waals surface area contributed by atoms with Crippen LogP contribution in [0.5, 0.6) is 0 Å². The summed E-state index contributed by atoms with van der Waals surface area (Å²) in [7, 11) is 0. The smallest absolute Gasteiger partial charge is 0.335 e. The summed E-state index contributed by atoms with van der Waals surface area (Å²) in [6, 6.07) is 6.93. The zero-order valence-electron chi connectivity index (χ0n) is 13.0. The number of hydrogen-bond donors (Lipinski definition) is 1. The summed E-state index contributed by atoms with van der Waals surface area (Å²) in [5.41, 5.74) is 1.03. The number of carbonyl (C=O) groups excluding carboxylic acids is 1. The molecular formula is C18H21NO4. The molecule has 23 heavy (non-hydrogen) atoms. The number of carbonyl (C=O) groups is 2. The molecule has 3 aliphatic heterocycles. The Morgan fingerprint density at radius 1 is 1.13 bits per heavy atom. The summed E-state index contributed by atoms with van der Waals surface area (Å²) >= 11 is 0. The zero-order valence-corrected chi connectivity index (χ0v) is 13.0.